The average Bonchev–Trinajstić information content (AvgIpc) is 2.93. The molecule has 2 rings (SSSR count). The average molecular weight is 262 g/mol. The summed E-state index contributed by atoms with van der Waals surface area (Å²) in [6.45, 7) is 4.04. The van der Waals surface area contributed by atoms with E-state index >= 15 is 0 Å². The fourth-order valence-corrected chi connectivity index (χ4v) is 2.18. The van der Waals surface area contributed by atoms with Gasteiger partial charge >= 0.3 is 0 Å². The Kier molecular flexibility index (Phi) is 5.36. The molecule has 1 fully saturated rings. The van der Waals surface area contributed by atoms with Gasteiger partial charge < -0.3 is 15.4 Å². The van der Waals surface area contributed by atoms with E-state index in [2.05, 4.69) is 17.6 Å². The van der Waals surface area contributed by atoms with Crippen molar-refractivity contribution in [3.8, 4) is 0 Å². The molecule has 1 saturated heterocycles. The van der Waals surface area contributed by atoms with Gasteiger partial charge in [-0.15, -0.1) is 0 Å². The Bertz CT molecular complexity index is 397. The molecule has 0 aliphatic carbocycles. The molecule has 4 nitrogen and oxygen atoms in total. The zero-order valence-corrected chi connectivity index (χ0v) is 11.4. The molecule has 4 heteroatoms. The SMILES string of the molecule is CCc1ccc(NC(=O)CNC[C@@H]2CCCO2)cc1. The third-order valence-corrected chi connectivity index (χ3v) is 3.33. The molecule has 1 amide bonds. The molecule has 0 spiro atoms. The van der Waals surface area contributed by atoms with Gasteiger partial charge in [0.15, 0.2) is 0 Å². The van der Waals surface area contributed by atoms with Crippen molar-refractivity contribution in [3.05, 3.63) is 29.8 Å². The number of benzene rings is 1. The van der Waals surface area contributed by atoms with E-state index in [9.17, 15) is 4.79 Å². The van der Waals surface area contributed by atoms with Crippen molar-refractivity contribution in [2.45, 2.75) is 32.3 Å². The Hall–Kier alpha value is -1.39. The third-order valence-electron chi connectivity index (χ3n) is 3.33. The molecule has 1 heterocycles. The van der Waals surface area contributed by atoms with E-state index in [0.717, 1.165) is 38.1 Å². The molecule has 2 N–H and O–H groups in total. The van der Waals surface area contributed by atoms with Crippen molar-refractivity contribution >= 4 is 11.6 Å². The van der Waals surface area contributed by atoms with Crippen molar-refractivity contribution in [2.75, 3.05) is 25.0 Å². The van der Waals surface area contributed by atoms with Gasteiger partial charge in [0, 0.05) is 18.8 Å². The summed E-state index contributed by atoms with van der Waals surface area (Å²) in [5.74, 6) is -0.0118. The van der Waals surface area contributed by atoms with E-state index in [4.69, 9.17) is 4.74 Å². The Morgan fingerprint density at radius 1 is 1.37 bits per heavy atom. The first kappa shape index (κ1) is 14.0. The van der Waals surface area contributed by atoms with Crippen LogP contribution in [-0.4, -0.2) is 31.7 Å². The van der Waals surface area contributed by atoms with Crippen molar-refractivity contribution in [3.63, 3.8) is 0 Å². The molecule has 1 aliphatic rings. The minimum Gasteiger partial charge on any atom is -0.377 e. The van der Waals surface area contributed by atoms with E-state index in [1.165, 1.54) is 5.56 Å². The van der Waals surface area contributed by atoms with Crippen LogP contribution in [0.3, 0.4) is 0 Å². The third kappa shape index (κ3) is 4.65. The molecule has 0 bridgehead atoms. The lowest BCUT2D eigenvalue weighted by Crippen LogP contribution is -2.33. The van der Waals surface area contributed by atoms with Crippen LogP contribution >= 0.6 is 0 Å². The summed E-state index contributed by atoms with van der Waals surface area (Å²) in [5.41, 5.74) is 2.12. The summed E-state index contributed by atoms with van der Waals surface area (Å²) in [6, 6.07) is 7.96. The number of rotatable bonds is 6. The van der Waals surface area contributed by atoms with Crippen molar-refractivity contribution in [1.29, 1.82) is 0 Å². The van der Waals surface area contributed by atoms with Gasteiger partial charge in [-0.1, -0.05) is 19.1 Å². The Morgan fingerprint density at radius 3 is 2.79 bits per heavy atom. The fourth-order valence-electron chi connectivity index (χ4n) is 2.18. The first-order chi connectivity index (χ1) is 9.28. The zero-order chi connectivity index (χ0) is 13.5. The van der Waals surface area contributed by atoms with Crippen LogP contribution in [0.5, 0.6) is 0 Å². The van der Waals surface area contributed by atoms with E-state index in [1.807, 2.05) is 24.3 Å². The summed E-state index contributed by atoms with van der Waals surface area (Å²) < 4.78 is 5.48. The number of nitrogens with one attached hydrogen (secondary N) is 2. The van der Waals surface area contributed by atoms with Crippen molar-refractivity contribution in [1.82, 2.24) is 5.32 Å². The van der Waals surface area contributed by atoms with Gasteiger partial charge in [0.2, 0.25) is 5.91 Å². The van der Waals surface area contributed by atoms with Crippen LogP contribution in [0.1, 0.15) is 25.3 Å². The van der Waals surface area contributed by atoms with Gasteiger partial charge in [0.1, 0.15) is 0 Å². The van der Waals surface area contributed by atoms with Gasteiger partial charge in [-0.2, -0.15) is 0 Å². The molecule has 104 valence electrons. The highest BCUT2D eigenvalue weighted by Crippen LogP contribution is 2.11. The highest BCUT2D eigenvalue weighted by molar-refractivity contribution is 5.92. The Labute approximate surface area is 114 Å². The van der Waals surface area contributed by atoms with E-state index in [1.54, 1.807) is 0 Å². The minimum atomic E-state index is -0.0118. The van der Waals surface area contributed by atoms with Crippen LogP contribution < -0.4 is 10.6 Å². The molecular weight excluding hydrogens is 240 g/mol. The first-order valence-corrected chi connectivity index (χ1v) is 6.99. The monoisotopic (exact) mass is 262 g/mol. The number of amides is 1. The predicted octanol–water partition coefficient (Wildman–Crippen LogP) is 1.96. The van der Waals surface area contributed by atoms with Gasteiger partial charge in [-0.25, -0.2) is 0 Å². The second kappa shape index (κ2) is 7.26. The number of anilines is 1. The molecule has 19 heavy (non-hydrogen) atoms. The van der Waals surface area contributed by atoms with Gasteiger partial charge in [-0.05, 0) is 37.0 Å². The number of carbonyl (C=O) groups excluding carboxylic acids is 1. The summed E-state index contributed by atoms with van der Waals surface area (Å²) in [4.78, 5) is 11.7. The van der Waals surface area contributed by atoms with Gasteiger partial charge in [-0.3, -0.25) is 4.79 Å². The quantitative estimate of drug-likeness (QED) is 0.824. The summed E-state index contributed by atoms with van der Waals surface area (Å²) >= 11 is 0. The molecule has 0 unspecified atom stereocenters. The van der Waals surface area contributed by atoms with Crippen LogP contribution in [-0.2, 0) is 16.0 Å². The molecule has 0 radical (unpaired) electrons. The summed E-state index contributed by atoms with van der Waals surface area (Å²) in [5, 5.41) is 6.01. The highest BCUT2D eigenvalue weighted by Gasteiger charge is 2.14. The number of aryl methyl sites for hydroxylation is 1. The highest BCUT2D eigenvalue weighted by atomic mass is 16.5. The maximum atomic E-state index is 11.7. The van der Waals surface area contributed by atoms with Crippen LogP contribution in [0.25, 0.3) is 0 Å². The summed E-state index contributed by atoms with van der Waals surface area (Å²) in [7, 11) is 0. The number of ether oxygens (including phenoxy) is 1. The maximum absolute atomic E-state index is 11.7. The lowest BCUT2D eigenvalue weighted by molar-refractivity contribution is -0.115. The molecule has 1 atom stereocenters. The molecular formula is C15H22N2O2. The second-order valence-corrected chi connectivity index (χ2v) is 4.86. The first-order valence-electron chi connectivity index (χ1n) is 6.99. The van der Waals surface area contributed by atoms with Crippen LogP contribution in [0.4, 0.5) is 5.69 Å². The normalized spacial score (nSPS) is 18.5. The number of hydrogen-bond donors (Lipinski definition) is 2. The van der Waals surface area contributed by atoms with Crippen LogP contribution in [0.2, 0.25) is 0 Å². The molecule has 1 aliphatic heterocycles. The molecule has 0 saturated carbocycles. The van der Waals surface area contributed by atoms with Gasteiger partial charge in [0.25, 0.3) is 0 Å². The summed E-state index contributed by atoms with van der Waals surface area (Å²) in [6.07, 6.45) is 3.50. The number of hydrogen-bond acceptors (Lipinski definition) is 3. The van der Waals surface area contributed by atoms with Crippen LogP contribution in [0, 0.1) is 0 Å². The van der Waals surface area contributed by atoms with Crippen molar-refractivity contribution < 1.29 is 9.53 Å². The molecule has 1 aromatic rings. The van der Waals surface area contributed by atoms with Crippen molar-refractivity contribution in [2.24, 2.45) is 0 Å². The largest absolute Gasteiger partial charge is 0.377 e. The smallest absolute Gasteiger partial charge is 0.238 e. The van der Waals surface area contributed by atoms with Crippen LogP contribution in [0.15, 0.2) is 24.3 Å². The molecule has 1 aromatic carbocycles. The Morgan fingerprint density at radius 2 is 2.16 bits per heavy atom. The second-order valence-electron chi connectivity index (χ2n) is 4.86. The minimum absolute atomic E-state index is 0.0118. The topological polar surface area (TPSA) is 50.4 Å². The predicted molar refractivity (Wildman–Crippen MR) is 76.3 cm³/mol. The van der Waals surface area contributed by atoms with E-state index in [-0.39, 0.29) is 12.0 Å². The Balaban J connectivity index is 1.68. The standard InChI is InChI=1S/C15H22N2O2/c1-2-12-5-7-13(8-6-12)17-15(18)11-16-10-14-4-3-9-19-14/h5-8,14,16H,2-4,9-11H2,1H3,(H,17,18)/t14-/m0/s1. The van der Waals surface area contributed by atoms with Gasteiger partial charge in [0.05, 0.1) is 12.6 Å². The lowest BCUT2D eigenvalue weighted by Gasteiger charge is -2.11. The molecule has 0 aromatic heterocycles. The fraction of sp³-hybridized carbons (Fsp3) is 0.533. The maximum Gasteiger partial charge on any atom is 0.238 e. The van der Waals surface area contributed by atoms with E-state index < -0.39 is 0 Å². The van der Waals surface area contributed by atoms with E-state index in [0.29, 0.717) is 6.54 Å². The zero-order valence-electron chi connectivity index (χ0n) is 11.4. The number of carbonyl (C=O) groups is 1. The lowest BCUT2D eigenvalue weighted by atomic mass is 10.1.